The summed E-state index contributed by atoms with van der Waals surface area (Å²) in [4.78, 5) is 15.2. The summed E-state index contributed by atoms with van der Waals surface area (Å²) in [6, 6.07) is 11.6. The van der Waals surface area contributed by atoms with Crippen LogP contribution in [0.15, 0.2) is 47.4 Å². The van der Waals surface area contributed by atoms with Crippen molar-refractivity contribution in [1.82, 2.24) is 14.1 Å². The Hall–Kier alpha value is -2.73. The molecular formula is C22H31N5O5S. The number of hydrogen-bond acceptors (Lipinski definition) is 8. The molecule has 10 nitrogen and oxygen atoms in total. The Balaban J connectivity index is 1.83. The standard InChI is InChI=1S/C22H31N5O5S/c1-24(2)22(17-6-5-7-18(14-17)32-4)16-23-20-9-8-19(15-21(20)27(28)29)33(30,31)26-12-10-25(3)11-13-26/h5-9,14-15,22-23H,10-13,16H2,1-4H3/t22-/m1/s1. The minimum Gasteiger partial charge on any atom is -0.497 e. The number of nitro benzene ring substituents is 1. The first-order valence-electron chi connectivity index (χ1n) is 10.6. The van der Waals surface area contributed by atoms with Crippen molar-refractivity contribution in [3.8, 4) is 5.75 Å². The molecule has 33 heavy (non-hydrogen) atoms. The van der Waals surface area contributed by atoms with Gasteiger partial charge in [-0.2, -0.15) is 4.31 Å². The van der Waals surface area contributed by atoms with E-state index in [0.29, 0.717) is 32.7 Å². The summed E-state index contributed by atoms with van der Waals surface area (Å²) in [5.41, 5.74) is 0.990. The number of ether oxygens (including phenoxy) is 1. The van der Waals surface area contributed by atoms with E-state index in [-0.39, 0.29) is 22.3 Å². The van der Waals surface area contributed by atoms with Crippen LogP contribution in [0, 0.1) is 10.1 Å². The number of rotatable bonds is 9. The topological polar surface area (TPSA) is 108 Å². The zero-order valence-corrected chi connectivity index (χ0v) is 20.2. The summed E-state index contributed by atoms with van der Waals surface area (Å²) in [6.07, 6.45) is 0. The molecule has 1 aliphatic rings. The van der Waals surface area contributed by atoms with Crippen molar-refractivity contribution >= 4 is 21.4 Å². The van der Waals surface area contributed by atoms with Crippen LogP contribution in [0.1, 0.15) is 11.6 Å². The lowest BCUT2D eigenvalue weighted by Crippen LogP contribution is -2.47. The minimum absolute atomic E-state index is 0.0683. The van der Waals surface area contributed by atoms with E-state index < -0.39 is 14.9 Å². The van der Waals surface area contributed by atoms with E-state index in [1.54, 1.807) is 7.11 Å². The van der Waals surface area contributed by atoms with E-state index in [1.807, 2.05) is 55.2 Å². The quantitative estimate of drug-likeness (QED) is 0.433. The molecule has 11 heteroatoms. The fourth-order valence-corrected chi connectivity index (χ4v) is 5.25. The number of anilines is 1. The second-order valence-electron chi connectivity index (χ2n) is 8.28. The van der Waals surface area contributed by atoms with Crippen molar-refractivity contribution in [2.75, 3.05) is 66.3 Å². The van der Waals surface area contributed by atoms with Crippen molar-refractivity contribution in [3.05, 3.63) is 58.1 Å². The molecule has 180 valence electrons. The van der Waals surface area contributed by atoms with E-state index in [1.165, 1.54) is 16.4 Å². The van der Waals surface area contributed by atoms with Crippen LogP contribution >= 0.6 is 0 Å². The first-order chi connectivity index (χ1) is 15.6. The predicted molar refractivity (Wildman–Crippen MR) is 127 cm³/mol. The van der Waals surface area contributed by atoms with Gasteiger partial charge in [-0.25, -0.2) is 8.42 Å². The summed E-state index contributed by atoms with van der Waals surface area (Å²) in [7, 11) is 3.58. The molecule has 1 saturated heterocycles. The summed E-state index contributed by atoms with van der Waals surface area (Å²) < 4.78 is 32.7. The fraction of sp³-hybridized carbons (Fsp3) is 0.455. The highest BCUT2D eigenvalue weighted by molar-refractivity contribution is 7.89. The Morgan fingerprint density at radius 3 is 2.45 bits per heavy atom. The van der Waals surface area contributed by atoms with Crippen LogP contribution in [0.2, 0.25) is 0 Å². The first-order valence-corrected chi connectivity index (χ1v) is 12.1. The van der Waals surface area contributed by atoms with Gasteiger partial charge < -0.3 is 19.9 Å². The molecule has 0 amide bonds. The Kier molecular flexibility index (Phi) is 7.90. The van der Waals surface area contributed by atoms with Gasteiger partial charge in [0, 0.05) is 38.8 Å². The van der Waals surface area contributed by atoms with Crippen molar-refractivity contribution in [2.45, 2.75) is 10.9 Å². The highest BCUT2D eigenvalue weighted by Crippen LogP contribution is 2.31. The number of sulfonamides is 1. The highest BCUT2D eigenvalue weighted by atomic mass is 32.2. The molecule has 3 rings (SSSR count). The van der Waals surface area contributed by atoms with Gasteiger partial charge in [0.25, 0.3) is 5.69 Å². The van der Waals surface area contributed by atoms with Gasteiger partial charge in [0.15, 0.2) is 0 Å². The molecule has 1 atom stereocenters. The number of nitro groups is 1. The maximum absolute atomic E-state index is 13.0. The maximum atomic E-state index is 13.0. The van der Waals surface area contributed by atoms with Crippen molar-refractivity contribution in [3.63, 3.8) is 0 Å². The average molecular weight is 478 g/mol. The molecule has 2 aromatic carbocycles. The van der Waals surface area contributed by atoms with Crippen LogP contribution in [0.5, 0.6) is 5.75 Å². The van der Waals surface area contributed by atoms with Gasteiger partial charge in [-0.3, -0.25) is 10.1 Å². The third-order valence-electron chi connectivity index (χ3n) is 5.85. The van der Waals surface area contributed by atoms with Crippen LogP contribution in [0.3, 0.4) is 0 Å². The third-order valence-corrected chi connectivity index (χ3v) is 7.75. The Labute approximate surface area is 194 Å². The van der Waals surface area contributed by atoms with Gasteiger partial charge in [-0.05, 0) is 51.0 Å². The molecule has 0 aliphatic carbocycles. The lowest BCUT2D eigenvalue weighted by atomic mass is 10.1. The number of benzene rings is 2. The SMILES string of the molecule is COc1cccc([C@@H](CNc2ccc(S(=O)(=O)N3CCN(C)CC3)cc2[N+](=O)[O-])N(C)C)c1. The van der Waals surface area contributed by atoms with Crippen molar-refractivity contribution < 1.29 is 18.1 Å². The largest absolute Gasteiger partial charge is 0.497 e. The Morgan fingerprint density at radius 2 is 1.85 bits per heavy atom. The average Bonchev–Trinajstić information content (AvgIpc) is 2.79. The molecule has 2 aromatic rings. The number of hydrogen-bond donors (Lipinski definition) is 1. The molecule has 0 radical (unpaired) electrons. The zero-order valence-electron chi connectivity index (χ0n) is 19.4. The van der Waals surface area contributed by atoms with Crippen LogP contribution in [-0.4, -0.2) is 88.4 Å². The third kappa shape index (κ3) is 5.80. The second-order valence-corrected chi connectivity index (χ2v) is 10.2. The summed E-state index contributed by atoms with van der Waals surface area (Å²) in [6.45, 7) is 2.34. The molecular weight excluding hydrogens is 446 g/mol. The van der Waals surface area contributed by atoms with Gasteiger partial charge >= 0.3 is 0 Å². The predicted octanol–water partition coefficient (Wildman–Crippen LogP) is 2.25. The molecule has 1 fully saturated rings. The van der Waals surface area contributed by atoms with Crippen LogP contribution < -0.4 is 10.1 Å². The molecule has 1 N–H and O–H groups in total. The smallest absolute Gasteiger partial charge is 0.293 e. The maximum Gasteiger partial charge on any atom is 0.293 e. The highest BCUT2D eigenvalue weighted by Gasteiger charge is 2.30. The van der Waals surface area contributed by atoms with E-state index in [0.717, 1.165) is 17.4 Å². The summed E-state index contributed by atoms with van der Waals surface area (Å²) in [5.74, 6) is 0.726. The lowest BCUT2D eigenvalue weighted by molar-refractivity contribution is -0.384. The van der Waals surface area contributed by atoms with Crippen LogP contribution in [0.4, 0.5) is 11.4 Å². The lowest BCUT2D eigenvalue weighted by Gasteiger charge is -2.31. The second kappa shape index (κ2) is 10.5. The van der Waals surface area contributed by atoms with Crippen LogP contribution in [-0.2, 0) is 10.0 Å². The molecule has 1 aliphatic heterocycles. The molecule has 0 saturated carbocycles. The van der Waals surface area contributed by atoms with Crippen molar-refractivity contribution in [1.29, 1.82) is 0 Å². The van der Waals surface area contributed by atoms with E-state index in [2.05, 4.69) is 5.32 Å². The minimum atomic E-state index is -3.80. The van der Waals surface area contributed by atoms with E-state index in [9.17, 15) is 18.5 Å². The Bertz CT molecular complexity index is 1080. The van der Waals surface area contributed by atoms with E-state index in [4.69, 9.17) is 4.74 Å². The van der Waals surface area contributed by atoms with Crippen molar-refractivity contribution in [2.24, 2.45) is 0 Å². The number of nitrogens with one attached hydrogen (secondary N) is 1. The number of piperazine rings is 1. The molecule has 1 heterocycles. The zero-order chi connectivity index (χ0) is 24.2. The fourth-order valence-electron chi connectivity index (χ4n) is 3.80. The molecule has 0 aromatic heterocycles. The van der Waals surface area contributed by atoms with Gasteiger partial charge in [-0.1, -0.05) is 12.1 Å². The summed E-state index contributed by atoms with van der Waals surface area (Å²) in [5, 5.41) is 14.9. The number of nitrogens with zero attached hydrogens (tertiary/aromatic N) is 4. The van der Waals surface area contributed by atoms with E-state index >= 15 is 0 Å². The molecule has 0 spiro atoms. The van der Waals surface area contributed by atoms with Gasteiger partial charge in [-0.15, -0.1) is 0 Å². The van der Waals surface area contributed by atoms with Gasteiger partial charge in [0.2, 0.25) is 10.0 Å². The molecule has 0 bridgehead atoms. The normalized spacial score (nSPS) is 16.5. The summed E-state index contributed by atoms with van der Waals surface area (Å²) >= 11 is 0. The van der Waals surface area contributed by atoms with Crippen LogP contribution in [0.25, 0.3) is 0 Å². The van der Waals surface area contributed by atoms with Gasteiger partial charge in [0.05, 0.1) is 23.0 Å². The molecule has 0 unspecified atom stereocenters. The van der Waals surface area contributed by atoms with Gasteiger partial charge in [0.1, 0.15) is 11.4 Å². The number of likely N-dealkylation sites (N-methyl/N-ethyl adjacent to an activating group) is 2. The Morgan fingerprint density at radius 1 is 1.15 bits per heavy atom. The number of methoxy groups -OCH3 is 1. The first kappa shape index (κ1) is 24.9. The monoisotopic (exact) mass is 477 g/mol.